The summed E-state index contributed by atoms with van der Waals surface area (Å²) in [5, 5.41) is 2.97. The van der Waals surface area contributed by atoms with Crippen LogP contribution in [0.5, 0.6) is 5.75 Å². The van der Waals surface area contributed by atoms with Crippen molar-refractivity contribution in [1.82, 2.24) is 10.2 Å². The lowest BCUT2D eigenvalue weighted by molar-refractivity contribution is -0.123. The Balaban J connectivity index is 1.65. The van der Waals surface area contributed by atoms with Gasteiger partial charge in [-0.15, -0.1) is 0 Å². The third kappa shape index (κ3) is 4.85. The van der Waals surface area contributed by atoms with Crippen molar-refractivity contribution < 1.29 is 9.53 Å². The number of piperidine rings is 1. The van der Waals surface area contributed by atoms with Crippen molar-refractivity contribution in [3.05, 3.63) is 29.8 Å². The predicted molar refractivity (Wildman–Crippen MR) is 79.9 cm³/mol. The first-order valence-electron chi connectivity index (χ1n) is 7.28. The van der Waals surface area contributed by atoms with Crippen molar-refractivity contribution in [3.8, 4) is 5.75 Å². The minimum absolute atomic E-state index is 0.0366. The second-order valence-electron chi connectivity index (χ2n) is 5.66. The lowest BCUT2D eigenvalue weighted by atomic mass is 9.97. The summed E-state index contributed by atoms with van der Waals surface area (Å²) in [4.78, 5) is 14.1. The number of nitrogens with zero attached hydrogens (tertiary/aromatic N) is 1. The van der Waals surface area contributed by atoms with Crippen molar-refractivity contribution in [2.75, 3.05) is 33.3 Å². The number of ether oxygens (including phenoxy) is 1. The molecule has 1 aromatic carbocycles. The summed E-state index contributed by atoms with van der Waals surface area (Å²) in [6.07, 6.45) is 2.32. The standard InChI is InChI=1S/C16H24N2O2/c1-13-4-3-5-15(10-13)20-12-16(19)17-11-14-6-8-18(2)9-7-14/h3-5,10,14H,6-9,11-12H2,1-2H3,(H,17,19). The minimum Gasteiger partial charge on any atom is -0.484 e. The quantitative estimate of drug-likeness (QED) is 0.892. The number of amides is 1. The molecule has 1 N–H and O–H groups in total. The number of rotatable bonds is 5. The van der Waals surface area contributed by atoms with Gasteiger partial charge in [0.15, 0.2) is 6.61 Å². The van der Waals surface area contributed by atoms with Gasteiger partial charge in [0.05, 0.1) is 0 Å². The van der Waals surface area contributed by atoms with Crippen LogP contribution in [0.25, 0.3) is 0 Å². The number of hydrogen-bond acceptors (Lipinski definition) is 3. The molecule has 0 unspecified atom stereocenters. The highest BCUT2D eigenvalue weighted by molar-refractivity contribution is 5.77. The van der Waals surface area contributed by atoms with Crippen LogP contribution >= 0.6 is 0 Å². The normalized spacial score (nSPS) is 16.9. The maximum atomic E-state index is 11.8. The summed E-state index contributed by atoms with van der Waals surface area (Å²) in [6, 6.07) is 7.75. The van der Waals surface area contributed by atoms with E-state index >= 15 is 0 Å². The molecule has 0 aromatic heterocycles. The molecule has 0 radical (unpaired) electrons. The zero-order valence-electron chi connectivity index (χ0n) is 12.4. The van der Waals surface area contributed by atoms with E-state index in [9.17, 15) is 4.79 Å². The van der Waals surface area contributed by atoms with E-state index in [1.54, 1.807) is 0 Å². The molecule has 1 aromatic rings. The molecule has 1 saturated heterocycles. The Morgan fingerprint density at radius 2 is 2.15 bits per heavy atom. The molecule has 1 aliphatic heterocycles. The van der Waals surface area contributed by atoms with Crippen molar-refractivity contribution >= 4 is 5.91 Å². The first kappa shape index (κ1) is 14.9. The van der Waals surface area contributed by atoms with Crippen molar-refractivity contribution in [2.24, 2.45) is 5.92 Å². The number of benzene rings is 1. The highest BCUT2D eigenvalue weighted by atomic mass is 16.5. The van der Waals surface area contributed by atoms with Gasteiger partial charge < -0.3 is 15.0 Å². The van der Waals surface area contributed by atoms with Gasteiger partial charge in [-0.05, 0) is 63.5 Å². The van der Waals surface area contributed by atoms with Crippen molar-refractivity contribution in [1.29, 1.82) is 0 Å². The second-order valence-corrected chi connectivity index (χ2v) is 5.66. The molecule has 4 nitrogen and oxygen atoms in total. The third-order valence-corrected chi connectivity index (χ3v) is 3.79. The molecular formula is C16H24N2O2. The highest BCUT2D eigenvalue weighted by Gasteiger charge is 2.17. The van der Waals surface area contributed by atoms with Gasteiger partial charge in [0.1, 0.15) is 5.75 Å². The molecule has 1 heterocycles. The van der Waals surface area contributed by atoms with E-state index in [0.717, 1.165) is 43.8 Å². The van der Waals surface area contributed by atoms with E-state index in [-0.39, 0.29) is 12.5 Å². The monoisotopic (exact) mass is 276 g/mol. The third-order valence-electron chi connectivity index (χ3n) is 3.79. The van der Waals surface area contributed by atoms with E-state index in [1.165, 1.54) is 0 Å². The zero-order valence-corrected chi connectivity index (χ0v) is 12.4. The fraction of sp³-hybridized carbons (Fsp3) is 0.562. The molecule has 0 spiro atoms. The average Bonchev–Trinajstić information content (AvgIpc) is 2.45. The van der Waals surface area contributed by atoms with Gasteiger partial charge in [-0.2, -0.15) is 0 Å². The Kier molecular flexibility index (Phi) is 5.41. The number of nitrogens with one attached hydrogen (secondary N) is 1. The fourth-order valence-electron chi connectivity index (χ4n) is 2.43. The Labute approximate surface area is 121 Å². The van der Waals surface area contributed by atoms with Crippen molar-refractivity contribution in [2.45, 2.75) is 19.8 Å². The van der Waals surface area contributed by atoms with Crippen LogP contribution in [0.2, 0.25) is 0 Å². The predicted octanol–water partition coefficient (Wildman–Crippen LogP) is 1.83. The molecule has 0 saturated carbocycles. The van der Waals surface area contributed by atoms with Gasteiger partial charge in [0.25, 0.3) is 5.91 Å². The van der Waals surface area contributed by atoms with Crippen LogP contribution in [0.15, 0.2) is 24.3 Å². The van der Waals surface area contributed by atoms with Gasteiger partial charge in [-0.1, -0.05) is 12.1 Å². The minimum atomic E-state index is -0.0366. The maximum absolute atomic E-state index is 11.8. The zero-order chi connectivity index (χ0) is 14.4. The summed E-state index contributed by atoms with van der Waals surface area (Å²) in [7, 11) is 2.14. The number of aryl methyl sites for hydroxylation is 1. The summed E-state index contributed by atoms with van der Waals surface area (Å²) in [5.41, 5.74) is 1.13. The largest absolute Gasteiger partial charge is 0.484 e. The number of carbonyl (C=O) groups excluding carboxylic acids is 1. The van der Waals surface area contributed by atoms with Gasteiger partial charge in [-0.25, -0.2) is 0 Å². The van der Waals surface area contributed by atoms with E-state index in [1.807, 2.05) is 31.2 Å². The molecule has 110 valence electrons. The van der Waals surface area contributed by atoms with Crippen LogP contribution < -0.4 is 10.1 Å². The van der Waals surface area contributed by atoms with E-state index in [2.05, 4.69) is 17.3 Å². The molecule has 0 atom stereocenters. The molecule has 1 aliphatic rings. The molecule has 20 heavy (non-hydrogen) atoms. The molecule has 1 amide bonds. The Morgan fingerprint density at radius 1 is 1.40 bits per heavy atom. The Bertz CT molecular complexity index is 440. The van der Waals surface area contributed by atoms with Crippen LogP contribution in [0.4, 0.5) is 0 Å². The summed E-state index contributed by atoms with van der Waals surface area (Å²) >= 11 is 0. The molecule has 4 heteroatoms. The molecule has 0 bridgehead atoms. The molecule has 2 rings (SSSR count). The number of likely N-dealkylation sites (tertiary alicyclic amines) is 1. The van der Waals surface area contributed by atoms with Gasteiger partial charge in [-0.3, -0.25) is 4.79 Å². The topological polar surface area (TPSA) is 41.6 Å². The smallest absolute Gasteiger partial charge is 0.257 e. The average molecular weight is 276 g/mol. The Hall–Kier alpha value is -1.55. The second kappa shape index (κ2) is 7.29. The SMILES string of the molecule is Cc1cccc(OCC(=O)NCC2CCN(C)CC2)c1. The first-order chi connectivity index (χ1) is 9.63. The Morgan fingerprint density at radius 3 is 2.85 bits per heavy atom. The highest BCUT2D eigenvalue weighted by Crippen LogP contribution is 2.15. The molecule has 1 fully saturated rings. The maximum Gasteiger partial charge on any atom is 0.257 e. The summed E-state index contributed by atoms with van der Waals surface area (Å²) in [6.45, 7) is 5.12. The van der Waals surface area contributed by atoms with Crippen LogP contribution in [0, 0.1) is 12.8 Å². The lowest BCUT2D eigenvalue weighted by Crippen LogP contribution is -2.38. The summed E-state index contributed by atoms with van der Waals surface area (Å²) < 4.78 is 5.49. The lowest BCUT2D eigenvalue weighted by Gasteiger charge is -2.28. The van der Waals surface area contributed by atoms with Crippen LogP contribution in [-0.2, 0) is 4.79 Å². The van der Waals surface area contributed by atoms with Gasteiger partial charge in [0, 0.05) is 6.54 Å². The van der Waals surface area contributed by atoms with Crippen LogP contribution in [0.1, 0.15) is 18.4 Å². The first-order valence-corrected chi connectivity index (χ1v) is 7.28. The number of hydrogen-bond donors (Lipinski definition) is 1. The van der Waals surface area contributed by atoms with Gasteiger partial charge >= 0.3 is 0 Å². The fourth-order valence-corrected chi connectivity index (χ4v) is 2.43. The number of carbonyl (C=O) groups is 1. The molecule has 0 aliphatic carbocycles. The van der Waals surface area contributed by atoms with Crippen molar-refractivity contribution in [3.63, 3.8) is 0 Å². The molecular weight excluding hydrogens is 252 g/mol. The van der Waals surface area contributed by atoms with E-state index < -0.39 is 0 Å². The van der Waals surface area contributed by atoms with E-state index in [4.69, 9.17) is 4.74 Å². The van der Waals surface area contributed by atoms with Crippen LogP contribution in [-0.4, -0.2) is 44.1 Å². The van der Waals surface area contributed by atoms with E-state index in [0.29, 0.717) is 5.92 Å². The van der Waals surface area contributed by atoms with Crippen LogP contribution in [0.3, 0.4) is 0 Å². The summed E-state index contributed by atoms with van der Waals surface area (Å²) in [5.74, 6) is 1.32. The van der Waals surface area contributed by atoms with Gasteiger partial charge in [0.2, 0.25) is 0 Å².